The van der Waals surface area contributed by atoms with Gasteiger partial charge in [0.15, 0.2) is 0 Å². The molecule has 0 spiro atoms. The molecule has 2 heterocycles. The Balaban J connectivity index is 1.76. The summed E-state index contributed by atoms with van der Waals surface area (Å²) >= 11 is 0. The molecule has 2 aliphatic rings. The third-order valence-electron chi connectivity index (χ3n) is 7.00. The summed E-state index contributed by atoms with van der Waals surface area (Å²) in [6, 6.07) is -0.961. The van der Waals surface area contributed by atoms with Crippen molar-refractivity contribution in [1.82, 2.24) is 9.78 Å². The molecule has 1 aromatic rings. The van der Waals surface area contributed by atoms with E-state index >= 15 is 0 Å². The van der Waals surface area contributed by atoms with Crippen LogP contribution in [0.2, 0.25) is 0 Å². The normalized spacial score (nSPS) is 24.4. The molecular formula is C22H36F3N3. The van der Waals surface area contributed by atoms with Crippen LogP contribution in [0.15, 0.2) is 0 Å². The van der Waals surface area contributed by atoms with E-state index in [1.165, 1.54) is 32.1 Å². The lowest BCUT2D eigenvalue weighted by atomic mass is 9.89. The Morgan fingerprint density at radius 1 is 1.14 bits per heavy atom. The molecule has 0 aromatic carbocycles. The van der Waals surface area contributed by atoms with Crippen molar-refractivity contribution in [3.8, 4) is 0 Å². The topological polar surface area (TPSA) is 43.8 Å². The van der Waals surface area contributed by atoms with Gasteiger partial charge in [0.05, 0.1) is 22.8 Å². The monoisotopic (exact) mass is 399 g/mol. The van der Waals surface area contributed by atoms with E-state index in [-0.39, 0.29) is 18.9 Å². The Hall–Kier alpha value is -1.04. The number of hydrogen-bond donors (Lipinski definition) is 1. The zero-order valence-corrected chi connectivity index (χ0v) is 17.6. The first-order chi connectivity index (χ1) is 13.3. The quantitative estimate of drug-likeness (QED) is 0.451. The maximum Gasteiger partial charge on any atom is 0.396 e. The molecule has 1 aromatic heterocycles. The first-order valence-corrected chi connectivity index (χ1v) is 11.2. The minimum Gasteiger partial charge on any atom is -0.323 e. The lowest BCUT2D eigenvalue weighted by Gasteiger charge is -2.26. The Morgan fingerprint density at radius 3 is 2.36 bits per heavy atom. The van der Waals surface area contributed by atoms with Crippen molar-refractivity contribution >= 4 is 0 Å². The molecule has 160 valence electrons. The van der Waals surface area contributed by atoms with Crippen molar-refractivity contribution in [2.24, 2.45) is 11.1 Å². The SMILES string of the molecule is CCCCCCCCC(C)c1c(CC)nn2c1C(N)CC2C1(C(F)(F)F)CC1. The molecule has 1 saturated carbocycles. The summed E-state index contributed by atoms with van der Waals surface area (Å²) in [4.78, 5) is 0. The molecule has 3 unspecified atom stereocenters. The number of rotatable bonds is 10. The fraction of sp³-hybridized carbons (Fsp3) is 0.864. The number of aromatic nitrogens is 2. The fourth-order valence-electron chi connectivity index (χ4n) is 5.14. The summed E-state index contributed by atoms with van der Waals surface area (Å²) in [7, 11) is 0. The lowest BCUT2D eigenvalue weighted by Crippen LogP contribution is -2.33. The van der Waals surface area contributed by atoms with Gasteiger partial charge in [0.2, 0.25) is 0 Å². The molecule has 0 radical (unpaired) electrons. The van der Waals surface area contributed by atoms with Crippen molar-refractivity contribution in [1.29, 1.82) is 0 Å². The highest BCUT2D eigenvalue weighted by molar-refractivity contribution is 5.36. The van der Waals surface area contributed by atoms with Crippen molar-refractivity contribution in [3.63, 3.8) is 0 Å². The van der Waals surface area contributed by atoms with Crippen LogP contribution in [0.4, 0.5) is 13.2 Å². The standard InChI is InChI=1S/C22H36F3N3/c1-4-6-7-8-9-10-11-15(3)19-17(5-2)27-28-18(14-16(26)20(19)28)21(12-13-21)22(23,24)25/h15-16,18H,4-14,26H2,1-3H3. The number of halogens is 3. The third kappa shape index (κ3) is 3.86. The van der Waals surface area contributed by atoms with Crippen LogP contribution >= 0.6 is 0 Å². The third-order valence-corrected chi connectivity index (χ3v) is 7.00. The second kappa shape index (κ2) is 8.37. The highest BCUT2D eigenvalue weighted by Gasteiger charge is 2.69. The van der Waals surface area contributed by atoms with E-state index in [2.05, 4.69) is 18.9 Å². The molecule has 28 heavy (non-hydrogen) atoms. The Bertz CT molecular complexity index is 661. The second-order valence-corrected chi connectivity index (χ2v) is 9.01. The molecule has 1 aliphatic heterocycles. The van der Waals surface area contributed by atoms with Gasteiger partial charge in [0.1, 0.15) is 0 Å². The highest BCUT2D eigenvalue weighted by atomic mass is 19.4. The summed E-state index contributed by atoms with van der Waals surface area (Å²) in [5.41, 5.74) is 7.77. The summed E-state index contributed by atoms with van der Waals surface area (Å²) in [6.07, 6.45) is 5.88. The summed E-state index contributed by atoms with van der Waals surface area (Å²) in [5, 5.41) is 4.69. The molecule has 3 atom stereocenters. The molecule has 3 rings (SSSR count). The molecule has 6 heteroatoms. The van der Waals surface area contributed by atoms with Crippen LogP contribution in [0.1, 0.15) is 120 Å². The van der Waals surface area contributed by atoms with Crippen LogP contribution in [0.5, 0.6) is 0 Å². The van der Waals surface area contributed by atoms with Crippen LogP contribution in [-0.4, -0.2) is 16.0 Å². The number of nitrogens with two attached hydrogens (primary N) is 1. The fourth-order valence-corrected chi connectivity index (χ4v) is 5.14. The van der Waals surface area contributed by atoms with E-state index in [0.717, 1.165) is 36.2 Å². The average molecular weight is 400 g/mol. The van der Waals surface area contributed by atoms with Crippen LogP contribution in [0.25, 0.3) is 0 Å². The van der Waals surface area contributed by atoms with Gasteiger partial charge in [-0.05, 0) is 38.0 Å². The maximum absolute atomic E-state index is 13.7. The molecule has 0 amide bonds. The molecule has 1 aliphatic carbocycles. The van der Waals surface area contributed by atoms with Gasteiger partial charge in [-0.2, -0.15) is 18.3 Å². The zero-order valence-electron chi connectivity index (χ0n) is 17.6. The van der Waals surface area contributed by atoms with Crippen LogP contribution in [0, 0.1) is 5.41 Å². The number of hydrogen-bond acceptors (Lipinski definition) is 2. The summed E-state index contributed by atoms with van der Waals surface area (Å²) < 4.78 is 42.9. The minimum absolute atomic E-state index is 0.206. The van der Waals surface area contributed by atoms with Gasteiger partial charge in [-0.3, -0.25) is 4.68 Å². The van der Waals surface area contributed by atoms with E-state index < -0.39 is 17.6 Å². The number of unbranched alkanes of at least 4 members (excludes halogenated alkanes) is 5. The molecule has 0 bridgehead atoms. The van der Waals surface area contributed by atoms with Gasteiger partial charge in [-0.1, -0.05) is 59.3 Å². The van der Waals surface area contributed by atoms with E-state index in [0.29, 0.717) is 12.3 Å². The van der Waals surface area contributed by atoms with Gasteiger partial charge in [0, 0.05) is 11.6 Å². The van der Waals surface area contributed by atoms with Crippen molar-refractivity contribution in [2.45, 2.75) is 116 Å². The maximum atomic E-state index is 13.7. The van der Waals surface area contributed by atoms with Crippen molar-refractivity contribution in [3.05, 3.63) is 17.0 Å². The molecule has 3 nitrogen and oxygen atoms in total. The minimum atomic E-state index is -4.18. The molecule has 1 fully saturated rings. The Morgan fingerprint density at radius 2 is 1.79 bits per heavy atom. The van der Waals surface area contributed by atoms with Crippen LogP contribution < -0.4 is 5.73 Å². The Kier molecular flexibility index (Phi) is 6.48. The average Bonchev–Trinajstić information content (AvgIpc) is 3.28. The smallest absolute Gasteiger partial charge is 0.323 e. The lowest BCUT2D eigenvalue weighted by molar-refractivity contribution is -0.200. The van der Waals surface area contributed by atoms with Gasteiger partial charge in [-0.15, -0.1) is 0 Å². The van der Waals surface area contributed by atoms with E-state index in [9.17, 15) is 13.2 Å². The van der Waals surface area contributed by atoms with Crippen molar-refractivity contribution < 1.29 is 13.2 Å². The number of nitrogens with zero attached hydrogens (tertiary/aromatic N) is 2. The first kappa shape index (κ1) is 21.7. The van der Waals surface area contributed by atoms with Gasteiger partial charge >= 0.3 is 6.18 Å². The molecule has 0 saturated heterocycles. The van der Waals surface area contributed by atoms with Crippen LogP contribution in [0.3, 0.4) is 0 Å². The second-order valence-electron chi connectivity index (χ2n) is 9.01. The largest absolute Gasteiger partial charge is 0.396 e. The van der Waals surface area contributed by atoms with E-state index in [4.69, 9.17) is 5.73 Å². The van der Waals surface area contributed by atoms with Gasteiger partial charge in [-0.25, -0.2) is 0 Å². The predicted molar refractivity (Wildman–Crippen MR) is 106 cm³/mol. The predicted octanol–water partition coefficient (Wildman–Crippen LogP) is 6.59. The number of alkyl halides is 3. The summed E-state index contributed by atoms with van der Waals surface area (Å²) in [5.74, 6) is 0.302. The molecule has 2 N–H and O–H groups in total. The Labute approximate surface area is 167 Å². The van der Waals surface area contributed by atoms with Crippen LogP contribution in [-0.2, 0) is 6.42 Å². The summed E-state index contributed by atoms with van der Waals surface area (Å²) in [6.45, 7) is 6.45. The number of aryl methyl sites for hydroxylation is 1. The van der Waals surface area contributed by atoms with Gasteiger partial charge in [0.25, 0.3) is 0 Å². The first-order valence-electron chi connectivity index (χ1n) is 11.2. The molecular weight excluding hydrogens is 363 g/mol. The van der Waals surface area contributed by atoms with E-state index in [1.54, 1.807) is 4.68 Å². The zero-order chi connectivity index (χ0) is 20.5. The highest BCUT2D eigenvalue weighted by Crippen LogP contribution is 2.67. The number of fused-ring (bicyclic) bond motifs is 1. The van der Waals surface area contributed by atoms with Crippen molar-refractivity contribution in [2.75, 3.05) is 0 Å². The van der Waals surface area contributed by atoms with E-state index in [1.807, 2.05) is 6.92 Å². The van der Waals surface area contributed by atoms with Gasteiger partial charge < -0.3 is 5.73 Å².